The summed E-state index contributed by atoms with van der Waals surface area (Å²) in [7, 11) is 0. The van der Waals surface area contributed by atoms with E-state index in [4.69, 9.17) is 9.15 Å². The van der Waals surface area contributed by atoms with E-state index < -0.39 is 0 Å². The van der Waals surface area contributed by atoms with E-state index in [2.05, 4.69) is 0 Å². The van der Waals surface area contributed by atoms with Gasteiger partial charge in [0.05, 0.1) is 6.61 Å². The van der Waals surface area contributed by atoms with Gasteiger partial charge in [0.1, 0.15) is 17.1 Å². The number of rotatable bonds is 4. The number of carbonyl (C=O) groups excluding carboxylic acids is 1. The van der Waals surface area contributed by atoms with Crippen molar-refractivity contribution in [1.82, 2.24) is 0 Å². The summed E-state index contributed by atoms with van der Waals surface area (Å²) in [5, 5.41) is 0. The zero-order valence-electron chi connectivity index (χ0n) is 11.1. The van der Waals surface area contributed by atoms with Crippen LogP contribution in [0.5, 0.6) is 0 Å². The minimum atomic E-state index is -0.344. The van der Waals surface area contributed by atoms with E-state index in [1.165, 1.54) is 0 Å². The zero-order valence-corrected chi connectivity index (χ0v) is 11.1. The Morgan fingerprint density at radius 3 is 2.68 bits per heavy atom. The lowest BCUT2D eigenvalue weighted by Crippen LogP contribution is -2.04. The maximum Gasteiger partial charge on any atom is 0.341 e. The monoisotopic (exact) mass is 256 g/mol. The van der Waals surface area contributed by atoms with E-state index in [-0.39, 0.29) is 5.97 Å². The summed E-state index contributed by atoms with van der Waals surface area (Å²) in [6.45, 7) is 3.90. The Balaban J connectivity index is 2.16. The second-order valence-electron chi connectivity index (χ2n) is 4.08. The number of benzene rings is 1. The maximum absolute atomic E-state index is 11.6. The molecule has 3 heteroatoms. The lowest BCUT2D eigenvalue weighted by Gasteiger charge is -1.97. The fourth-order valence-electron chi connectivity index (χ4n) is 1.74. The van der Waals surface area contributed by atoms with Crippen molar-refractivity contribution < 1.29 is 13.9 Å². The first-order valence-electron chi connectivity index (χ1n) is 6.21. The van der Waals surface area contributed by atoms with E-state index in [9.17, 15) is 4.79 Å². The number of furan rings is 1. The summed E-state index contributed by atoms with van der Waals surface area (Å²) in [5.74, 6) is 0.874. The first kappa shape index (κ1) is 13.1. The molecule has 0 N–H and O–H groups in total. The molecule has 1 heterocycles. The molecule has 0 aliphatic rings. The van der Waals surface area contributed by atoms with Gasteiger partial charge in [0.15, 0.2) is 0 Å². The normalized spacial score (nSPS) is 10.8. The van der Waals surface area contributed by atoms with Gasteiger partial charge in [0.25, 0.3) is 0 Å². The van der Waals surface area contributed by atoms with Gasteiger partial charge < -0.3 is 9.15 Å². The second kappa shape index (κ2) is 6.05. The molecular formula is C16H16O3. The number of aryl methyl sites for hydroxylation is 1. The van der Waals surface area contributed by atoms with Gasteiger partial charge in [-0.1, -0.05) is 36.4 Å². The van der Waals surface area contributed by atoms with E-state index in [0.29, 0.717) is 23.7 Å². The van der Waals surface area contributed by atoms with Crippen LogP contribution in [0.3, 0.4) is 0 Å². The van der Waals surface area contributed by atoms with Crippen LogP contribution in [0.1, 0.15) is 34.4 Å². The van der Waals surface area contributed by atoms with Crippen LogP contribution in [-0.4, -0.2) is 12.6 Å². The van der Waals surface area contributed by atoms with E-state index in [0.717, 1.165) is 5.56 Å². The van der Waals surface area contributed by atoms with Crippen LogP contribution in [0.25, 0.3) is 12.2 Å². The van der Waals surface area contributed by atoms with Crippen molar-refractivity contribution in [2.45, 2.75) is 13.8 Å². The lowest BCUT2D eigenvalue weighted by atomic mass is 10.2. The molecule has 0 bridgehead atoms. The lowest BCUT2D eigenvalue weighted by molar-refractivity contribution is 0.0524. The Kier molecular flexibility index (Phi) is 4.18. The molecule has 0 radical (unpaired) electrons. The van der Waals surface area contributed by atoms with Gasteiger partial charge in [-0.25, -0.2) is 4.79 Å². The van der Waals surface area contributed by atoms with Gasteiger partial charge >= 0.3 is 5.97 Å². The third-order valence-corrected chi connectivity index (χ3v) is 2.67. The molecule has 0 fully saturated rings. The standard InChI is InChI=1S/C16H16O3/c1-3-18-16(17)15-11-14(19-12(15)2)10-9-13-7-5-4-6-8-13/h4-11H,3H2,1-2H3/b10-9+. The molecule has 0 aliphatic carbocycles. The van der Waals surface area contributed by atoms with Gasteiger partial charge in [-0.05, 0) is 31.6 Å². The average Bonchev–Trinajstić information content (AvgIpc) is 2.79. The Labute approximate surface area is 112 Å². The van der Waals surface area contributed by atoms with Gasteiger partial charge in [0.2, 0.25) is 0 Å². The quantitative estimate of drug-likeness (QED) is 0.778. The van der Waals surface area contributed by atoms with Crippen molar-refractivity contribution in [2.24, 2.45) is 0 Å². The molecule has 98 valence electrons. The van der Waals surface area contributed by atoms with Crippen molar-refractivity contribution in [3.63, 3.8) is 0 Å². The summed E-state index contributed by atoms with van der Waals surface area (Å²) < 4.78 is 10.5. The van der Waals surface area contributed by atoms with Gasteiger partial charge in [-0.3, -0.25) is 0 Å². The predicted octanol–water partition coefficient (Wildman–Crippen LogP) is 3.94. The van der Waals surface area contributed by atoms with Crippen molar-refractivity contribution >= 4 is 18.1 Å². The number of carbonyl (C=O) groups is 1. The van der Waals surface area contributed by atoms with Crippen molar-refractivity contribution in [2.75, 3.05) is 6.61 Å². The molecular weight excluding hydrogens is 240 g/mol. The Bertz CT molecular complexity index is 579. The molecule has 19 heavy (non-hydrogen) atoms. The molecule has 0 amide bonds. The van der Waals surface area contributed by atoms with Gasteiger partial charge in [0, 0.05) is 0 Å². The minimum absolute atomic E-state index is 0.344. The summed E-state index contributed by atoms with van der Waals surface area (Å²) >= 11 is 0. The topological polar surface area (TPSA) is 39.4 Å². The third kappa shape index (κ3) is 3.35. The van der Waals surface area contributed by atoms with Crippen molar-refractivity contribution in [3.05, 3.63) is 59.0 Å². The average molecular weight is 256 g/mol. The highest BCUT2D eigenvalue weighted by Gasteiger charge is 2.14. The fourth-order valence-corrected chi connectivity index (χ4v) is 1.74. The highest BCUT2D eigenvalue weighted by atomic mass is 16.5. The van der Waals surface area contributed by atoms with Crippen molar-refractivity contribution in [3.8, 4) is 0 Å². The Hall–Kier alpha value is -2.29. The van der Waals surface area contributed by atoms with Crippen LogP contribution in [0.2, 0.25) is 0 Å². The van der Waals surface area contributed by atoms with Crippen LogP contribution in [-0.2, 0) is 4.74 Å². The Morgan fingerprint density at radius 1 is 1.26 bits per heavy atom. The van der Waals surface area contributed by atoms with Gasteiger partial charge in [-0.2, -0.15) is 0 Å². The highest BCUT2D eigenvalue weighted by molar-refractivity contribution is 5.91. The van der Waals surface area contributed by atoms with Gasteiger partial charge in [-0.15, -0.1) is 0 Å². The largest absolute Gasteiger partial charge is 0.462 e. The van der Waals surface area contributed by atoms with E-state index >= 15 is 0 Å². The molecule has 2 aromatic rings. The molecule has 2 rings (SSSR count). The summed E-state index contributed by atoms with van der Waals surface area (Å²) in [5.41, 5.74) is 1.56. The second-order valence-corrected chi connectivity index (χ2v) is 4.08. The smallest absolute Gasteiger partial charge is 0.341 e. The molecule has 3 nitrogen and oxygen atoms in total. The number of hydrogen-bond acceptors (Lipinski definition) is 3. The predicted molar refractivity (Wildman–Crippen MR) is 74.8 cm³/mol. The summed E-state index contributed by atoms with van der Waals surface area (Å²) in [4.78, 5) is 11.6. The third-order valence-electron chi connectivity index (χ3n) is 2.67. The minimum Gasteiger partial charge on any atom is -0.462 e. The summed E-state index contributed by atoms with van der Waals surface area (Å²) in [6, 6.07) is 11.6. The van der Waals surface area contributed by atoms with Crippen LogP contribution in [0.15, 0.2) is 40.8 Å². The maximum atomic E-state index is 11.6. The zero-order chi connectivity index (χ0) is 13.7. The Morgan fingerprint density at radius 2 is 2.00 bits per heavy atom. The first-order chi connectivity index (χ1) is 9.20. The molecule has 1 aromatic carbocycles. The van der Waals surface area contributed by atoms with E-state index in [1.54, 1.807) is 19.9 Å². The molecule has 0 aliphatic heterocycles. The number of esters is 1. The van der Waals surface area contributed by atoms with Crippen LogP contribution >= 0.6 is 0 Å². The molecule has 1 aromatic heterocycles. The molecule has 0 saturated carbocycles. The van der Waals surface area contributed by atoms with Crippen LogP contribution in [0.4, 0.5) is 0 Å². The SMILES string of the molecule is CCOC(=O)c1cc(/C=C/c2ccccc2)oc1C. The molecule has 0 saturated heterocycles. The van der Waals surface area contributed by atoms with Crippen LogP contribution in [0, 0.1) is 6.92 Å². The molecule has 0 spiro atoms. The summed E-state index contributed by atoms with van der Waals surface area (Å²) in [6.07, 6.45) is 3.78. The fraction of sp³-hybridized carbons (Fsp3) is 0.188. The molecule has 0 unspecified atom stereocenters. The number of ether oxygens (including phenoxy) is 1. The van der Waals surface area contributed by atoms with Crippen LogP contribution < -0.4 is 0 Å². The number of hydrogen-bond donors (Lipinski definition) is 0. The van der Waals surface area contributed by atoms with E-state index in [1.807, 2.05) is 42.5 Å². The van der Waals surface area contributed by atoms with Crippen molar-refractivity contribution in [1.29, 1.82) is 0 Å². The molecule has 0 atom stereocenters. The first-order valence-corrected chi connectivity index (χ1v) is 6.21. The highest BCUT2D eigenvalue weighted by Crippen LogP contribution is 2.18.